The molecule has 2 aromatic rings. The number of esters is 2. The molecular formula is C19H19N3O7S. The molecule has 0 unspecified atom stereocenters. The fourth-order valence-corrected chi connectivity index (χ4v) is 3.05. The molecule has 0 bridgehead atoms. The number of Topliss-reactive ketones (excluding diaryl/α,β-unsaturated/α-hetero) is 1. The first-order chi connectivity index (χ1) is 14.5. The maximum atomic E-state index is 12.2. The highest BCUT2D eigenvalue weighted by molar-refractivity contribution is 7.99. The lowest BCUT2D eigenvalue weighted by Gasteiger charge is -2.18. The molecule has 1 aromatic heterocycles. The number of ketones is 1. The van der Waals surface area contributed by atoms with Gasteiger partial charge < -0.3 is 24.7 Å². The van der Waals surface area contributed by atoms with Crippen LogP contribution in [-0.2, 0) is 14.3 Å². The summed E-state index contributed by atoms with van der Waals surface area (Å²) in [6.45, 7) is 2.32. The van der Waals surface area contributed by atoms with Gasteiger partial charge in [0.2, 0.25) is 0 Å². The third kappa shape index (κ3) is 5.38. The van der Waals surface area contributed by atoms with Crippen molar-refractivity contribution in [1.29, 1.82) is 0 Å². The van der Waals surface area contributed by atoms with E-state index in [-0.39, 0.29) is 34.7 Å². The number of rotatable bonds is 8. The molecule has 0 saturated carbocycles. The second-order valence-corrected chi connectivity index (χ2v) is 6.85. The second kappa shape index (κ2) is 9.92. The number of nitrogens with zero attached hydrogens (tertiary/aromatic N) is 2. The topological polar surface area (TPSA) is 140 Å². The first-order valence-corrected chi connectivity index (χ1v) is 9.97. The monoisotopic (exact) mass is 433 g/mol. The number of nitrogen functional groups attached to an aromatic ring is 1. The third-order valence-electron chi connectivity index (χ3n) is 3.84. The molecule has 30 heavy (non-hydrogen) atoms. The van der Waals surface area contributed by atoms with Crippen molar-refractivity contribution >= 4 is 35.3 Å². The normalized spacial score (nSPS) is 12.2. The molecule has 3 rings (SSSR count). The Kier molecular flexibility index (Phi) is 7.07. The number of fused-ring (bicyclic) bond motifs is 1. The van der Waals surface area contributed by atoms with Crippen molar-refractivity contribution in [3.8, 4) is 11.5 Å². The molecule has 0 fully saturated rings. The van der Waals surface area contributed by atoms with Gasteiger partial charge in [-0.15, -0.1) is 0 Å². The van der Waals surface area contributed by atoms with Crippen molar-refractivity contribution in [3.05, 3.63) is 35.5 Å². The number of carbonyl (C=O) groups excluding carboxylic acids is 3. The molecule has 0 atom stereocenters. The van der Waals surface area contributed by atoms with Crippen LogP contribution < -0.4 is 15.2 Å². The number of ether oxygens (including phenoxy) is 4. The molecule has 1 aliphatic rings. The minimum absolute atomic E-state index is 0.0481. The van der Waals surface area contributed by atoms with E-state index < -0.39 is 18.5 Å². The summed E-state index contributed by atoms with van der Waals surface area (Å²) in [7, 11) is 0. The van der Waals surface area contributed by atoms with Crippen LogP contribution in [0, 0.1) is 0 Å². The Balaban J connectivity index is 1.48. The molecular weight excluding hydrogens is 414 g/mol. The van der Waals surface area contributed by atoms with Crippen LogP contribution in [0.4, 0.5) is 5.82 Å². The van der Waals surface area contributed by atoms with E-state index in [4.69, 9.17) is 24.7 Å². The highest BCUT2D eigenvalue weighted by Gasteiger charge is 2.17. The van der Waals surface area contributed by atoms with Crippen LogP contribution in [0.2, 0.25) is 0 Å². The maximum absolute atomic E-state index is 12.2. The van der Waals surface area contributed by atoms with Crippen molar-refractivity contribution < 1.29 is 33.3 Å². The van der Waals surface area contributed by atoms with E-state index in [1.54, 1.807) is 25.1 Å². The molecule has 2 N–H and O–H groups in total. The smallest absolute Gasteiger partial charge is 0.343 e. The molecule has 11 heteroatoms. The van der Waals surface area contributed by atoms with E-state index in [0.29, 0.717) is 30.3 Å². The molecule has 0 spiro atoms. The predicted molar refractivity (Wildman–Crippen MR) is 106 cm³/mol. The van der Waals surface area contributed by atoms with E-state index >= 15 is 0 Å². The molecule has 2 heterocycles. The molecule has 158 valence electrons. The number of hydrogen-bond donors (Lipinski definition) is 1. The quantitative estimate of drug-likeness (QED) is 0.280. The molecule has 10 nitrogen and oxygen atoms in total. The van der Waals surface area contributed by atoms with Crippen LogP contribution in [0.1, 0.15) is 27.6 Å². The van der Waals surface area contributed by atoms with Crippen LogP contribution in [0.5, 0.6) is 11.5 Å². The number of hydrogen-bond acceptors (Lipinski definition) is 11. The lowest BCUT2D eigenvalue weighted by molar-refractivity contribution is -0.139. The minimum atomic E-state index is -0.623. The Labute approximate surface area is 176 Å². The van der Waals surface area contributed by atoms with Gasteiger partial charge in [0.25, 0.3) is 0 Å². The zero-order valence-corrected chi connectivity index (χ0v) is 16.9. The van der Waals surface area contributed by atoms with Crippen molar-refractivity contribution in [2.75, 3.05) is 37.9 Å². The molecule has 0 aliphatic carbocycles. The SMILES string of the molecule is CCOC(=O)c1cnc(SCC(=O)OCC(=O)c2ccc3c(c2)OCCO3)nc1N. The standard InChI is InChI=1S/C19H19N3O7S/c1-2-26-18(25)12-8-21-19(22-17(12)20)30-10-16(24)29-9-13(23)11-3-4-14-15(7-11)28-6-5-27-14/h3-4,7-8H,2,5-6,9-10H2,1H3,(H2,20,21,22). The maximum Gasteiger partial charge on any atom is 0.343 e. The first-order valence-electron chi connectivity index (χ1n) is 8.98. The number of nitrogens with two attached hydrogens (primary N) is 1. The average molecular weight is 433 g/mol. The molecule has 1 aromatic carbocycles. The largest absolute Gasteiger partial charge is 0.486 e. The first kappa shape index (κ1) is 21.4. The Bertz CT molecular complexity index is 967. The summed E-state index contributed by atoms with van der Waals surface area (Å²) in [4.78, 5) is 43.8. The lowest BCUT2D eigenvalue weighted by atomic mass is 10.1. The highest BCUT2D eigenvalue weighted by Crippen LogP contribution is 2.30. The van der Waals surface area contributed by atoms with Gasteiger partial charge in [-0.05, 0) is 25.1 Å². The predicted octanol–water partition coefficient (Wildman–Crippen LogP) is 1.52. The van der Waals surface area contributed by atoms with Gasteiger partial charge in [0.1, 0.15) is 24.6 Å². The van der Waals surface area contributed by atoms with Gasteiger partial charge in [-0.3, -0.25) is 9.59 Å². The number of anilines is 1. The van der Waals surface area contributed by atoms with E-state index in [1.807, 2.05) is 0 Å². The van der Waals surface area contributed by atoms with Gasteiger partial charge in [-0.25, -0.2) is 14.8 Å². The molecule has 0 radical (unpaired) electrons. The fraction of sp³-hybridized carbons (Fsp3) is 0.316. The molecule has 1 aliphatic heterocycles. The summed E-state index contributed by atoms with van der Waals surface area (Å²) < 4.78 is 20.7. The summed E-state index contributed by atoms with van der Waals surface area (Å²) in [5.74, 6) is -0.745. The summed E-state index contributed by atoms with van der Waals surface area (Å²) >= 11 is 0.966. The lowest BCUT2D eigenvalue weighted by Crippen LogP contribution is -2.18. The highest BCUT2D eigenvalue weighted by atomic mass is 32.2. The summed E-state index contributed by atoms with van der Waals surface area (Å²) in [6.07, 6.45) is 1.24. The number of aromatic nitrogens is 2. The average Bonchev–Trinajstić information content (AvgIpc) is 2.75. The summed E-state index contributed by atoms with van der Waals surface area (Å²) in [5, 5.41) is 0.190. The van der Waals surface area contributed by atoms with Crippen molar-refractivity contribution in [3.63, 3.8) is 0 Å². The van der Waals surface area contributed by atoms with Gasteiger partial charge in [0, 0.05) is 11.8 Å². The zero-order valence-electron chi connectivity index (χ0n) is 16.1. The van der Waals surface area contributed by atoms with Crippen LogP contribution in [0.15, 0.2) is 29.6 Å². The Morgan fingerprint density at radius 1 is 1.17 bits per heavy atom. The van der Waals surface area contributed by atoms with Gasteiger partial charge in [0.15, 0.2) is 29.0 Å². The Morgan fingerprint density at radius 3 is 2.67 bits per heavy atom. The van der Waals surface area contributed by atoms with Crippen molar-refractivity contribution in [1.82, 2.24) is 9.97 Å². The second-order valence-electron chi connectivity index (χ2n) is 5.90. The minimum Gasteiger partial charge on any atom is -0.486 e. The summed E-state index contributed by atoms with van der Waals surface area (Å²) in [6, 6.07) is 4.78. The molecule has 0 amide bonds. The van der Waals surface area contributed by atoms with E-state index in [9.17, 15) is 14.4 Å². The van der Waals surface area contributed by atoms with E-state index in [1.165, 1.54) is 6.20 Å². The zero-order chi connectivity index (χ0) is 21.5. The Morgan fingerprint density at radius 2 is 1.93 bits per heavy atom. The van der Waals surface area contributed by atoms with E-state index in [0.717, 1.165) is 11.8 Å². The van der Waals surface area contributed by atoms with Gasteiger partial charge in [-0.1, -0.05) is 11.8 Å². The molecule has 0 saturated heterocycles. The van der Waals surface area contributed by atoms with Crippen molar-refractivity contribution in [2.24, 2.45) is 0 Å². The summed E-state index contributed by atoms with van der Waals surface area (Å²) in [5.41, 5.74) is 6.13. The third-order valence-corrected chi connectivity index (χ3v) is 4.67. The van der Waals surface area contributed by atoms with Gasteiger partial charge in [-0.2, -0.15) is 0 Å². The van der Waals surface area contributed by atoms with E-state index in [2.05, 4.69) is 9.97 Å². The number of thioether (sulfide) groups is 1. The Hall–Kier alpha value is -3.34. The van der Waals surface area contributed by atoms with Crippen molar-refractivity contribution in [2.45, 2.75) is 12.1 Å². The van der Waals surface area contributed by atoms with Gasteiger partial charge >= 0.3 is 11.9 Å². The number of carbonyl (C=O) groups is 3. The number of benzene rings is 1. The van der Waals surface area contributed by atoms with Crippen LogP contribution >= 0.6 is 11.8 Å². The van der Waals surface area contributed by atoms with Gasteiger partial charge in [0.05, 0.1) is 12.4 Å². The van der Waals surface area contributed by atoms with Crippen LogP contribution in [-0.4, -0.2) is 59.9 Å². The fourth-order valence-electron chi connectivity index (χ4n) is 2.43. The van der Waals surface area contributed by atoms with Crippen LogP contribution in [0.3, 0.4) is 0 Å². The van der Waals surface area contributed by atoms with Crippen LogP contribution in [0.25, 0.3) is 0 Å².